The molecule has 1 aromatic carbocycles. The smallest absolute Gasteiger partial charge is 0.346 e. The fourth-order valence-electron chi connectivity index (χ4n) is 4.91. The Balaban J connectivity index is 1.63. The number of aromatic nitrogens is 3. The zero-order chi connectivity index (χ0) is 26.3. The van der Waals surface area contributed by atoms with Gasteiger partial charge in [-0.3, -0.25) is 14.4 Å². The largest absolute Gasteiger partial charge is 0.472 e. The summed E-state index contributed by atoms with van der Waals surface area (Å²) in [6.07, 6.45) is 7.50. The summed E-state index contributed by atoms with van der Waals surface area (Å²) in [5, 5.41) is 32.4. The monoisotopic (exact) mass is 504 g/mol. The average molecular weight is 505 g/mol. The van der Waals surface area contributed by atoms with Crippen LogP contribution in [0.2, 0.25) is 0 Å². The van der Waals surface area contributed by atoms with Gasteiger partial charge in [-0.15, -0.1) is 5.10 Å². The molecule has 2 fully saturated rings. The summed E-state index contributed by atoms with van der Waals surface area (Å²) >= 11 is 0. The highest BCUT2D eigenvalue weighted by molar-refractivity contribution is 6.11. The molecule has 3 aromatic rings. The summed E-state index contributed by atoms with van der Waals surface area (Å²) in [6, 6.07) is 7.56. The van der Waals surface area contributed by atoms with Gasteiger partial charge >= 0.3 is 11.9 Å². The number of nitrogens with zero attached hydrogens (tertiary/aromatic N) is 4. The minimum Gasteiger partial charge on any atom is -0.472 e. The van der Waals surface area contributed by atoms with Crippen LogP contribution in [-0.2, 0) is 11.8 Å². The molecule has 2 aliphatic carbocycles. The highest BCUT2D eigenvalue weighted by Crippen LogP contribution is 2.46. The van der Waals surface area contributed by atoms with Gasteiger partial charge in [0.25, 0.3) is 5.88 Å². The van der Waals surface area contributed by atoms with Crippen molar-refractivity contribution in [3.63, 3.8) is 0 Å². The van der Waals surface area contributed by atoms with Gasteiger partial charge in [-0.25, -0.2) is 4.98 Å². The molecule has 37 heavy (non-hydrogen) atoms. The van der Waals surface area contributed by atoms with E-state index >= 15 is 0 Å². The van der Waals surface area contributed by atoms with Gasteiger partial charge in [0.15, 0.2) is 5.52 Å². The molecule has 2 aromatic heterocycles. The van der Waals surface area contributed by atoms with Gasteiger partial charge in [0.1, 0.15) is 11.9 Å². The molecule has 0 unspecified atom stereocenters. The van der Waals surface area contributed by atoms with Crippen LogP contribution < -0.4 is 9.64 Å². The van der Waals surface area contributed by atoms with E-state index in [4.69, 9.17) is 9.72 Å². The number of rotatable bonds is 5. The molecule has 0 bridgehead atoms. The van der Waals surface area contributed by atoms with E-state index in [2.05, 4.69) is 17.1 Å². The first kappa shape index (κ1) is 25.2. The first-order valence-electron chi connectivity index (χ1n) is 12.8. The number of hydrogen-bond donors (Lipinski definition) is 3. The van der Waals surface area contributed by atoms with Gasteiger partial charge < -0.3 is 20.1 Å². The van der Waals surface area contributed by atoms with Crippen molar-refractivity contribution in [2.24, 2.45) is 7.05 Å². The predicted molar refractivity (Wildman–Crippen MR) is 138 cm³/mol. The van der Waals surface area contributed by atoms with E-state index in [9.17, 15) is 20.1 Å². The summed E-state index contributed by atoms with van der Waals surface area (Å²) < 4.78 is 7.97. The standard InChI is InChI=1S/C28H32N4O5/c1-17-15-21(19-9-10-19)23(16-18(17)2)32(25(33)13-14-28(34,35)36)24-12-11-22-26(29-24)27(30-31(22)3)37-20-7-5-4-6-8-20/h11-12,15-16,19-20,34-36H,4-10H2,1-3H3. The molecule has 0 aliphatic heterocycles. The normalized spacial score (nSPS) is 16.4. The Morgan fingerprint density at radius 1 is 1.08 bits per heavy atom. The molecule has 0 radical (unpaired) electrons. The minimum atomic E-state index is -3.29. The maximum atomic E-state index is 13.5. The number of anilines is 2. The van der Waals surface area contributed by atoms with Gasteiger partial charge in [-0.05, 0) is 93.2 Å². The van der Waals surface area contributed by atoms with Crippen molar-refractivity contribution in [3.05, 3.63) is 41.0 Å². The fraction of sp³-hybridized carbons (Fsp3) is 0.464. The molecule has 0 spiro atoms. The van der Waals surface area contributed by atoms with Crippen molar-refractivity contribution in [2.45, 2.75) is 76.8 Å². The number of fused-ring (bicyclic) bond motifs is 1. The van der Waals surface area contributed by atoms with Crippen molar-refractivity contribution in [1.82, 2.24) is 14.8 Å². The number of ether oxygens (including phenoxy) is 1. The van der Waals surface area contributed by atoms with E-state index in [1.165, 1.54) is 11.3 Å². The summed E-state index contributed by atoms with van der Waals surface area (Å²) in [6.45, 7) is 4.00. The lowest BCUT2D eigenvalue weighted by atomic mass is 9.98. The lowest BCUT2D eigenvalue weighted by molar-refractivity contribution is -0.265. The highest BCUT2D eigenvalue weighted by atomic mass is 16.7. The number of carbonyl (C=O) groups is 1. The zero-order valence-corrected chi connectivity index (χ0v) is 21.4. The molecule has 2 heterocycles. The summed E-state index contributed by atoms with van der Waals surface area (Å²) in [5.74, 6) is 0.970. The summed E-state index contributed by atoms with van der Waals surface area (Å²) in [7, 11) is 1.82. The van der Waals surface area contributed by atoms with Crippen molar-refractivity contribution in [3.8, 4) is 17.7 Å². The van der Waals surface area contributed by atoms with Gasteiger partial charge in [0.2, 0.25) is 0 Å². The van der Waals surface area contributed by atoms with E-state index in [1.54, 1.807) is 16.7 Å². The third-order valence-corrected chi connectivity index (χ3v) is 7.15. The van der Waals surface area contributed by atoms with Crippen LogP contribution in [0.15, 0.2) is 24.3 Å². The molecule has 9 heteroatoms. The number of aliphatic hydroxyl groups is 3. The van der Waals surface area contributed by atoms with E-state index < -0.39 is 11.9 Å². The van der Waals surface area contributed by atoms with Gasteiger partial charge in [-0.2, -0.15) is 0 Å². The van der Waals surface area contributed by atoms with E-state index in [0.29, 0.717) is 28.8 Å². The SMILES string of the molecule is Cc1cc(C2CC2)c(N(C(=O)C#CC(O)(O)O)c2ccc3c(n2)c(OC2CCCCC2)nn3C)cc1C. The van der Waals surface area contributed by atoms with Crippen molar-refractivity contribution >= 4 is 28.4 Å². The Bertz CT molecular complexity index is 1400. The molecule has 5 rings (SSSR count). The van der Waals surface area contributed by atoms with Crippen LogP contribution in [0.25, 0.3) is 11.0 Å². The maximum Gasteiger partial charge on any atom is 0.346 e. The van der Waals surface area contributed by atoms with Gasteiger partial charge in [-0.1, -0.05) is 12.5 Å². The second-order valence-corrected chi connectivity index (χ2v) is 10.1. The third-order valence-electron chi connectivity index (χ3n) is 7.15. The molecule has 194 valence electrons. The Kier molecular flexibility index (Phi) is 6.67. The van der Waals surface area contributed by atoms with Crippen molar-refractivity contribution in [2.75, 3.05) is 4.90 Å². The first-order chi connectivity index (χ1) is 17.6. The molecular formula is C28H32N4O5. The third kappa shape index (κ3) is 5.47. The average Bonchev–Trinajstić information content (AvgIpc) is 3.65. The highest BCUT2D eigenvalue weighted by Gasteiger charge is 2.32. The number of aryl methyl sites for hydroxylation is 3. The Morgan fingerprint density at radius 2 is 1.78 bits per heavy atom. The Hall–Kier alpha value is -3.45. The molecule has 1 amide bonds. The Morgan fingerprint density at radius 3 is 2.46 bits per heavy atom. The van der Waals surface area contributed by atoms with Crippen molar-refractivity contribution in [1.29, 1.82) is 0 Å². The molecule has 0 saturated heterocycles. The van der Waals surface area contributed by atoms with Crippen LogP contribution in [-0.4, -0.2) is 48.1 Å². The molecule has 2 aliphatic rings. The van der Waals surface area contributed by atoms with Crippen LogP contribution in [0, 0.1) is 25.7 Å². The number of amides is 1. The lowest BCUT2D eigenvalue weighted by Gasteiger charge is -2.24. The maximum absolute atomic E-state index is 13.5. The fourth-order valence-corrected chi connectivity index (χ4v) is 4.91. The zero-order valence-electron chi connectivity index (χ0n) is 21.4. The van der Waals surface area contributed by atoms with Crippen LogP contribution in [0.4, 0.5) is 11.5 Å². The van der Waals surface area contributed by atoms with Crippen LogP contribution in [0.3, 0.4) is 0 Å². The van der Waals surface area contributed by atoms with E-state index in [1.807, 2.05) is 33.0 Å². The first-order valence-corrected chi connectivity index (χ1v) is 12.8. The van der Waals surface area contributed by atoms with Crippen molar-refractivity contribution < 1.29 is 24.9 Å². The van der Waals surface area contributed by atoms with E-state index in [-0.39, 0.29) is 6.10 Å². The van der Waals surface area contributed by atoms with Gasteiger partial charge in [0.05, 0.1) is 11.2 Å². The molecule has 9 nitrogen and oxygen atoms in total. The number of benzene rings is 1. The van der Waals surface area contributed by atoms with Gasteiger partial charge in [0, 0.05) is 18.9 Å². The molecule has 2 saturated carbocycles. The second-order valence-electron chi connectivity index (χ2n) is 10.1. The topological polar surface area (TPSA) is 121 Å². The number of pyridine rings is 1. The number of carbonyl (C=O) groups excluding carboxylic acids is 1. The molecular weight excluding hydrogens is 472 g/mol. The Labute approximate surface area is 215 Å². The summed E-state index contributed by atoms with van der Waals surface area (Å²) in [5.41, 5.74) is 5.05. The van der Waals surface area contributed by atoms with Crippen LogP contribution in [0.1, 0.15) is 67.6 Å². The quantitative estimate of drug-likeness (QED) is 0.359. The number of hydrogen-bond acceptors (Lipinski definition) is 7. The second kappa shape index (κ2) is 9.78. The summed E-state index contributed by atoms with van der Waals surface area (Å²) in [4.78, 5) is 19.6. The van der Waals surface area contributed by atoms with Crippen LogP contribution >= 0.6 is 0 Å². The van der Waals surface area contributed by atoms with E-state index in [0.717, 1.165) is 60.7 Å². The minimum absolute atomic E-state index is 0.0777. The van der Waals surface area contributed by atoms with Crippen LogP contribution in [0.5, 0.6) is 5.88 Å². The molecule has 3 N–H and O–H groups in total. The predicted octanol–water partition coefficient (Wildman–Crippen LogP) is 3.47. The lowest BCUT2D eigenvalue weighted by Crippen LogP contribution is -2.29. The molecule has 0 atom stereocenters.